The summed E-state index contributed by atoms with van der Waals surface area (Å²) in [4.78, 5) is 0. The van der Waals surface area contributed by atoms with E-state index in [1.54, 1.807) is 0 Å². The summed E-state index contributed by atoms with van der Waals surface area (Å²) >= 11 is 0. The highest BCUT2D eigenvalue weighted by Gasteiger charge is 2.79. The lowest BCUT2D eigenvalue weighted by Gasteiger charge is -2.59. The second kappa shape index (κ2) is 8.99. The van der Waals surface area contributed by atoms with Crippen molar-refractivity contribution in [2.45, 2.75) is 104 Å². The molecule has 0 amide bonds. The van der Waals surface area contributed by atoms with Gasteiger partial charge in [0.2, 0.25) is 15.4 Å². The molecule has 2 spiro atoms. The molecule has 2 aromatic rings. The number of benzene rings is 2. The minimum Gasteiger partial charge on any atom is -0.628 e. The van der Waals surface area contributed by atoms with Crippen molar-refractivity contribution in [2.24, 2.45) is 0 Å². The van der Waals surface area contributed by atoms with Gasteiger partial charge in [-0.15, -0.1) is 0 Å². The zero-order valence-corrected chi connectivity index (χ0v) is 27.7. The van der Waals surface area contributed by atoms with Crippen molar-refractivity contribution < 1.29 is 36.4 Å². The van der Waals surface area contributed by atoms with Crippen molar-refractivity contribution in [2.75, 3.05) is 0 Å². The summed E-state index contributed by atoms with van der Waals surface area (Å²) in [6.45, 7) is 19.2. The Bertz CT molecular complexity index is 1100. The average molecular weight is 592 g/mol. The minimum atomic E-state index is -3.15. The molecule has 0 saturated carbocycles. The lowest BCUT2D eigenvalue weighted by molar-refractivity contribution is 0.107. The molecule has 2 aromatic carbocycles. The summed E-state index contributed by atoms with van der Waals surface area (Å²) in [5.74, 6) is 2.19. The van der Waals surface area contributed by atoms with Crippen molar-refractivity contribution in [1.29, 1.82) is 0 Å². The van der Waals surface area contributed by atoms with E-state index < -0.39 is 50.0 Å². The van der Waals surface area contributed by atoms with Gasteiger partial charge in [0, 0.05) is 0 Å². The first-order chi connectivity index (χ1) is 18.2. The third-order valence-corrected chi connectivity index (χ3v) is 16.7. The van der Waals surface area contributed by atoms with Gasteiger partial charge in [0.1, 0.15) is 43.6 Å². The van der Waals surface area contributed by atoms with Gasteiger partial charge in [0.25, 0.3) is 0 Å². The normalized spacial score (nSPS) is 22.7. The van der Waals surface area contributed by atoms with E-state index in [1.807, 2.05) is 48.5 Å². The molecule has 0 unspecified atom stereocenters. The van der Waals surface area contributed by atoms with E-state index in [-0.39, 0.29) is 0 Å². The van der Waals surface area contributed by atoms with Crippen molar-refractivity contribution in [3.05, 3.63) is 48.5 Å². The molecular formula is C28H44B2O8P2. The van der Waals surface area contributed by atoms with Crippen LogP contribution in [0.3, 0.4) is 0 Å². The maximum Gasteiger partial charge on any atom is 0.724 e. The summed E-state index contributed by atoms with van der Waals surface area (Å²) in [5.41, 5.74) is 0. The molecule has 0 N–H and O–H groups in total. The fourth-order valence-corrected chi connectivity index (χ4v) is 15.0. The van der Waals surface area contributed by atoms with E-state index in [9.17, 15) is 0 Å². The molecular weight excluding hydrogens is 548 g/mol. The van der Waals surface area contributed by atoms with E-state index in [0.717, 1.165) is 0 Å². The van der Waals surface area contributed by atoms with E-state index >= 15 is 0 Å². The lowest BCUT2D eigenvalue weighted by Crippen LogP contribution is -2.65. The number of para-hydroxylation sites is 4. The first-order valence-corrected chi connectivity index (χ1v) is 17.2. The van der Waals surface area contributed by atoms with Crippen molar-refractivity contribution in [3.8, 4) is 23.0 Å². The molecule has 5 rings (SSSR count). The van der Waals surface area contributed by atoms with Crippen LogP contribution in [0.25, 0.3) is 0 Å². The standard InChI is InChI=1S/C28H44B2O8P2/c1-25(2,3)39(26(4,5)6)35-29(31-21-17-13-14-18-22(21)32-29)37-40(27(7,8)9,28(10,11)12)38-30(36-39)33-23-19-15-16-20-24(23)34-30/h13-20H,1-12H3. The van der Waals surface area contributed by atoms with E-state index in [0.29, 0.717) is 23.0 Å². The van der Waals surface area contributed by atoms with Gasteiger partial charge >= 0.3 is 13.9 Å². The number of hydrogen-bond acceptors (Lipinski definition) is 8. The van der Waals surface area contributed by atoms with Gasteiger partial charge in [-0.2, -0.15) is 0 Å². The molecule has 40 heavy (non-hydrogen) atoms. The van der Waals surface area contributed by atoms with Crippen LogP contribution in [0.2, 0.25) is 0 Å². The van der Waals surface area contributed by atoms with Gasteiger partial charge in [0.15, 0.2) is 0 Å². The van der Waals surface area contributed by atoms with E-state index in [2.05, 4.69) is 83.1 Å². The van der Waals surface area contributed by atoms with Crippen LogP contribution in [0.15, 0.2) is 48.5 Å². The van der Waals surface area contributed by atoms with Gasteiger partial charge < -0.3 is 36.4 Å². The third-order valence-electron chi connectivity index (χ3n) is 7.43. The Morgan fingerprint density at radius 3 is 0.775 bits per heavy atom. The predicted octanol–water partition coefficient (Wildman–Crippen LogP) is 8.77. The average Bonchev–Trinajstić information content (AvgIpc) is 3.31. The topological polar surface area (TPSA) is 73.8 Å². The van der Waals surface area contributed by atoms with Crippen LogP contribution in [-0.4, -0.2) is 34.5 Å². The molecule has 1 saturated heterocycles. The molecule has 220 valence electrons. The van der Waals surface area contributed by atoms with E-state index in [4.69, 9.17) is 36.4 Å². The zero-order valence-electron chi connectivity index (χ0n) is 25.9. The van der Waals surface area contributed by atoms with Gasteiger partial charge in [-0.1, -0.05) is 24.3 Å². The predicted molar refractivity (Wildman–Crippen MR) is 164 cm³/mol. The molecule has 8 nitrogen and oxygen atoms in total. The molecule has 3 heterocycles. The van der Waals surface area contributed by atoms with Gasteiger partial charge in [-0.3, -0.25) is 0 Å². The van der Waals surface area contributed by atoms with Crippen LogP contribution >= 0.6 is 15.4 Å². The first kappa shape index (κ1) is 29.9. The highest BCUT2D eigenvalue weighted by atomic mass is 31.2. The zero-order chi connectivity index (χ0) is 29.6. The number of rotatable bonds is 0. The van der Waals surface area contributed by atoms with Gasteiger partial charge in [0.05, 0.1) is 0 Å². The summed E-state index contributed by atoms with van der Waals surface area (Å²) in [6.07, 6.45) is 0. The molecule has 0 bridgehead atoms. The van der Waals surface area contributed by atoms with Crippen LogP contribution in [0.1, 0.15) is 83.1 Å². The first-order valence-electron chi connectivity index (χ1n) is 14.0. The summed E-state index contributed by atoms with van der Waals surface area (Å²) in [7, 11) is -6.31. The van der Waals surface area contributed by atoms with Gasteiger partial charge in [-0.05, 0) is 107 Å². The van der Waals surface area contributed by atoms with E-state index in [1.165, 1.54) is 0 Å². The molecule has 0 aromatic heterocycles. The second-order valence-electron chi connectivity index (χ2n) is 14.7. The van der Waals surface area contributed by atoms with Crippen LogP contribution in [-0.2, 0) is 17.8 Å². The minimum absolute atomic E-state index is 0.547. The van der Waals surface area contributed by atoms with Crippen LogP contribution in [0.5, 0.6) is 23.0 Å². The Kier molecular flexibility index (Phi) is 6.73. The van der Waals surface area contributed by atoms with Crippen LogP contribution in [0, 0.1) is 0 Å². The smallest absolute Gasteiger partial charge is 0.628 e. The molecule has 1 fully saturated rings. The van der Waals surface area contributed by atoms with Crippen molar-refractivity contribution >= 4 is 29.3 Å². The summed E-state index contributed by atoms with van der Waals surface area (Å²) < 4.78 is 55.4. The Balaban J connectivity index is 1.79. The molecule has 0 atom stereocenters. The summed E-state index contributed by atoms with van der Waals surface area (Å²) in [5, 5.41) is -2.25. The molecule has 0 aliphatic carbocycles. The van der Waals surface area contributed by atoms with Crippen LogP contribution in [0.4, 0.5) is 0 Å². The number of hydrogen-bond donors (Lipinski definition) is 0. The SMILES string of the molecule is CC(C)(C)[P+]1(C(C)(C)C)O[B-]2(Oc3ccccc3O2)O[P+](C(C)(C)C)(C(C)(C)C)O[B-]2(Oc3ccccc3O2)O1. The fraction of sp³-hybridized carbons (Fsp3) is 0.571. The van der Waals surface area contributed by atoms with Crippen LogP contribution < -0.4 is 18.6 Å². The van der Waals surface area contributed by atoms with Crippen molar-refractivity contribution in [1.82, 2.24) is 0 Å². The number of fused-ring (bicyclic) bond motifs is 2. The largest absolute Gasteiger partial charge is 0.724 e. The molecule has 0 radical (unpaired) electrons. The fourth-order valence-electron chi connectivity index (χ4n) is 6.22. The highest BCUT2D eigenvalue weighted by molar-refractivity contribution is 7.74. The summed E-state index contributed by atoms with van der Waals surface area (Å²) in [6, 6.07) is 15.0. The quantitative estimate of drug-likeness (QED) is 0.222. The molecule has 3 aliphatic heterocycles. The monoisotopic (exact) mass is 592 g/mol. The third kappa shape index (κ3) is 4.55. The van der Waals surface area contributed by atoms with Crippen molar-refractivity contribution in [3.63, 3.8) is 0 Å². The Morgan fingerprint density at radius 1 is 0.400 bits per heavy atom. The Morgan fingerprint density at radius 2 is 0.600 bits per heavy atom. The molecule has 3 aliphatic rings. The highest BCUT2D eigenvalue weighted by Crippen LogP contribution is 2.87. The Labute approximate surface area is 240 Å². The maximum absolute atomic E-state index is 7.26. The lowest BCUT2D eigenvalue weighted by atomic mass is 10.1. The second-order valence-corrected chi connectivity index (χ2v) is 23.1. The Hall–Kier alpha value is -1.53. The van der Waals surface area contributed by atoms with Gasteiger partial charge in [-0.25, -0.2) is 0 Å². The molecule has 12 heteroatoms. The maximum atomic E-state index is 7.26.